The normalized spacial score (nSPS) is 27.1. The molecule has 17 heavy (non-hydrogen) atoms. The Hall–Kier alpha value is -0.870. The molecule has 0 amide bonds. The predicted octanol–water partition coefficient (Wildman–Crippen LogP) is 2.43. The maximum atomic E-state index is 6.09. The highest BCUT2D eigenvalue weighted by Gasteiger charge is 2.25. The summed E-state index contributed by atoms with van der Waals surface area (Å²) in [5.74, 6) is 1.73. The van der Waals surface area contributed by atoms with Gasteiger partial charge in [-0.25, -0.2) is 0 Å². The minimum atomic E-state index is 0.341. The molecule has 1 aromatic carbocycles. The lowest BCUT2D eigenvalue weighted by Crippen LogP contribution is -2.26. The highest BCUT2D eigenvalue weighted by atomic mass is 32.2. The zero-order chi connectivity index (χ0) is 11.7. The van der Waals surface area contributed by atoms with Crippen molar-refractivity contribution in [2.24, 2.45) is 5.73 Å². The minimum Gasteiger partial charge on any atom is -0.486 e. The van der Waals surface area contributed by atoms with E-state index in [2.05, 4.69) is 12.1 Å². The van der Waals surface area contributed by atoms with Crippen LogP contribution in [-0.2, 0) is 0 Å². The Morgan fingerprint density at radius 3 is 2.71 bits per heavy atom. The van der Waals surface area contributed by atoms with Gasteiger partial charge >= 0.3 is 0 Å². The van der Waals surface area contributed by atoms with Gasteiger partial charge in [-0.3, -0.25) is 0 Å². The number of thioether (sulfide) groups is 1. The summed E-state index contributed by atoms with van der Waals surface area (Å²) in [4.78, 5) is 1.23. The van der Waals surface area contributed by atoms with Crippen LogP contribution in [0.5, 0.6) is 11.5 Å². The number of hydrogen-bond acceptors (Lipinski definition) is 4. The maximum Gasteiger partial charge on any atom is 0.162 e. The fourth-order valence-electron chi connectivity index (χ4n) is 2.37. The molecule has 2 atom stereocenters. The average Bonchev–Trinajstić information content (AvgIpc) is 2.75. The molecule has 0 radical (unpaired) electrons. The summed E-state index contributed by atoms with van der Waals surface area (Å²) in [5.41, 5.74) is 6.09. The molecule has 1 fully saturated rings. The first-order valence-electron chi connectivity index (χ1n) is 6.15. The van der Waals surface area contributed by atoms with Crippen molar-refractivity contribution in [3.63, 3.8) is 0 Å². The van der Waals surface area contributed by atoms with E-state index < -0.39 is 0 Å². The summed E-state index contributed by atoms with van der Waals surface area (Å²) in [6.07, 6.45) is 3.63. The Morgan fingerprint density at radius 1 is 1.12 bits per heavy atom. The Morgan fingerprint density at radius 2 is 1.94 bits per heavy atom. The van der Waals surface area contributed by atoms with E-state index in [4.69, 9.17) is 15.2 Å². The molecular weight excluding hydrogens is 234 g/mol. The van der Waals surface area contributed by atoms with Crippen LogP contribution in [0, 0.1) is 0 Å². The van der Waals surface area contributed by atoms with Gasteiger partial charge in [-0.2, -0.15) is 0 Å². The second-order valence-corrected chi connectivity index (χ2v) is 5.87. The van der Waals surface area contributed by atoms with Crippen molar-refractivity contribution < 1.29 is 9.47 Å². The molecule has 1 aliphatic heterocycles. The lowest BCUT2D eigenvalue weighted by Gasteiger charge is -2.20. The van der Waals surface area contributed by atoms with Gasteiger partial charge in [0.2, 0.25) is 0 Å². The van der Waals surface area contributed by atoms with Crippen molar-refractivity contribution in [1.82, 2.24) is 0 Å². The van der Waals surface area contributed by atoms with E-state index in [-0.39, 0.29) is 0 Å². The van der Waals surface area contributed by atoms with Crippen LogP contribution in [0.4, 0.5) is 0 Å². The summed E-state index contributed by atoms with van der Waals surface area (Å²) in [6.45, 7) is 1.29. The Kier molecular flexibility index (Phi) is 3.16. The van der Waals surface area contributed by atoms with Crippen molar-refractivity contribution in [3.8, 4) is 11.5 Å². The lowest BCUT2D eigenvalue weighted by molar-refractivity contribution is 0.171. The number of rotatable bonds is 2. The molecule has 1 aliphatic carbocycles. The second kappa shape index (κ2) is 4.78. The summed E-state index contributed by atoms with van der Waals surface area (Å²) in [6, 6.07) is 6.51. The zero-order valence-corrected chi connectivity index (χ0v) is 10.5. The van der Waals surface area contributed by atoms with Crippen LogP contribution in [0.1, 0.15) is 19.3 Å². The minimum absolute atomic E-state index is 0.341. The molecule has 0 aromatic heterocycles. The van der Waals surface area contributed by atoms with E-state index in [1.165, 1.54) is 17.7 Å². The zero-order valence-electron chi connectivity index (χ0n) is 9.72. The van der Waals surface area contributed by atoms with Crippen molar-refractivity contribution in [2.45, 2.75) is 35.4 Å². The molecule has 0 spiro atoms. The summed E-state index contributed by atoms with van der Waals surface area (Å²) in [7, 11) is 0. The molecule has 3 rings (SSSR count). The number of nitrogens with two attached hydrogens (primary N) is 1. The molecule has 1 aromatic rings. The smallest absolute Gasteiger partial charge is 0.162 e. The largest absolute Gasteiger partial charge is 0.486 e. The van der Waals surface area contributed by atoms with Crippen LogP contribution >= 0.6 is 11.8 Å². The molecular formula is C13H17NO2S. The average molecular weight is 251 g/mol. The van der Waals surface area contributed by atoms with E-state index in [1.807, 2.05) is 17.8 Å². The second-order valence-electron chi connectivity index (χ2n) is 4.56. The molecule has 0 bridgehead atoms. The Bertz CT molecular complexity index is 410. The summed E-state index contributed by atoms with van der Waals surface area (Å²) >= 11 is 1.87. The van der Waals surface area contributed by atoms with Crippen molar-refractivity contribution in [3.05, 3.63) is 18.2 Å². The molecule has 0 saturated heterocycles. The van der Waals surface area contributed by atoms with Crippen LogP contribution < -0.4 is 15.2 Å². The van der Waals surface area contributed by atoms with E-state index >= 15 is 0 Å². The van der Waals surface area contributed by atoms with Crippen LogP contribution in [0.2, 0.25) is 0 Å². The first kappa shape index (κ1) is 11.2. The molecule has 92 valence electrons. The van der Waals surface area contributed by atoms with Gasteiger partial charge in [0.05, 0.1) is 0 Å². The Balaban J connectivity index is 1.75. The summed E-state index contributed by atoms with van der Waals surface area (Å²) < 4.78 is 11.1. The van der Waals surface area contributed by atoms with Crippen molar-refractivity contribution >= 4 is 11.8 Å². The van der Waals surface area contributed by atoms with Crippen molar-refractivity contribution in [2.75, 3.05) is 13.2 Å². The van der Waals surface area contributed by atoms with Gasteiger partial charge in [0.15, 0.2) is 11.5 Å². The topological polar surface area (TPSA) is 44.5 Å². The van der Waals surface area contributed by atoms with Crippen LogP contribution in [0.25, 0.3) is 0 Å². The van der Waals surface area contributed by atoms with E-state index in [0.29, 0.717) is 24.5 Å². The monoisotopic (exact) mass is 251 g/mol. The fraction of sp³-hybridized carbons (Fsp3) is 0.538. The number of benzene rings is 1. The molecule has 1 heterocycles. The molecule has 1 saturated carbocycles. The van der Waals surface area contributed by atoms with E-state index in [0.717, 1.165) is 17.9 Å². The van der Waals surface area contributed by atoms with Crippen LogP contribution in [-0.4, -0.2) is 24.5 Å². The maximum absolute atomic E-state index is 6.09. The van der Waals surface area contributed by atoms with E-state index in [9.17, 15) is 0 Å². The highest BCUT2D eigenvalue weighted by Crippen LogP contribution is 2.39. The quantitative estimate of drug-likeness (QED) is 0.876. The fourth-order valence-corrected chi connectivity index (χ4v) is 3.64. The highest BCUT2D eigenvalue weighted by molar-refractivity contribution is 8.00. The first-order chi connectivity index (χ1) is 8.33. The molecule has 3 nitrogen and oxygen atoms in total. The Labute approximate surface area is 106 Å². The van der Waals surface area contributed by atoms with Gasteiger partial charge in [-0.15, -0.1) is 11.8 Å². The third kappa shape index (κ3) is 2.38. The SMILES string of the molecule is NC1CCCC1Sc1ccc2c(c1)OCCO2. The molecule has 2 N–H and O–H groups in total. The van der Waals surface area contributed by atoms with Gasteiger partial charge in [0.1, 0.15) is 13.2 Å². The first-order valence-corrected chi connectivity index (χ1v) is 7.03. The number of ether oxygens (including phenoxy) is 2. The molecule has 4 heteroatoms. The standard InChI is InChI=1S/C13H17NO2S/c14-10-2-1-3-13(10)17-9-4-5-11-12(8-9)16-7-6-15-11/h4-5,8,10,13H,1-3,6-7,14H2. The van der Waals surface area contributed by atoms with Gasteiger partial charge in [0.25, 0.3) is 0 Å². The van der Waals surface area contributed by atoms with Gasteiger partial charge in [0, 0.05) is 16.2 Å². The molecule has 2 aliphatic rings. The van der Waals surface area contributed by atoms with Crippen LogP contribution in [0.15, 0.2) is 23.1 Å². The van der Waals surface area contributed by atoms with E-state index in [1.54, 1.807) is 0 Å². The van der Waals surface area contributed by atoms with Gasteiger partial charge < -0.3 is 15.2 Å². The summed E-state index contributed by atoms with van der Waals surface area (Å²) in [5, 5.41) is 0.553. The predicted molar refractivity (Wildman–Crippen MR) is 68.9 cm³/mol. The third-order valence-corrected chi connectivity index (χ3v) is 4.72. The van der Waals surface area contributed by atoms with Crippen LogP contribution in [0.3, 0.4) is 0 Å². The lowest BCUT2D eigenvalue weighted by atomic mass is 10.3. The third-order valence-electron chi connectivity index (χ3n) is 3.30. The van der Waals surface area contributed by atoms with Gasteiger partial charge in [-0.1, -0.05) is 6.42 Å². The molecule has 2 unspecified atom stereocenters. The van der Waals surface area contributed by atoms with Crippen molar-refractivity contribution in [1.29, 1.82) is 0 Å². The number of fused-ring (bicyclic) bond motifs is 1. The number of hydrogen-bond donors (Lipinski definition) is 1. The van der Waals surface area contributed by atoms with Gasteiger partial charge in [-0.05, 0) is 31.0 Å².